The molecule has 0 amide bonds. The van der Waals surface area contributed by atoms with Gasteiger partial charge in [-0.3, -0.25) is 0 Å². The summed E-state index contributed by atoms with van der Waals surface area (Å²) in [5.41, 5.74) is -0.212. The van der Waals surface area contributed by atoms with E-state index in [9.17, 15) is 17.9 Å². The molecule has 1 fully saturated rings. The van der Waals surface area contributed by atoms with Crippen molar-refractivity contribution in [3.05, 3.63) is 29.1 Å². The molecule has 0 bridgehead atoms. The fourth-order valence-electron chi connectivity index (χ4n) is 2.83. The molecule has 0 radical (unpaired) electrons. The predicted molar refractivity (Wildman–Crippen MR) is 74.5 cm³/mol. The van der Waals surface area contributed by atoms with Crippen molar-refractivity contribution < 1.29 is 17.9 Å². The molecule has 1 aliphatic carbocycles. The lowest BCUT2D eigenvalue weighted by molar-refractivity contribution is 0.0531. The van der Waals surface area contributed by atoms with E-state index in [0.29, 0.717) is 24.0 Å². The van der Waals surface area contributed by atoms with Gasteiger partial charge in [0.15, 0.2) is 0 Å². The van der Waals surface area contributed by atoms with Crippen molar-refractivity contribution >= 4 is 10.0 Å². The second-order valence-electron chi connectivity index (χ2n) is 5.62. The minimum Gasteiger partial charge on any atom is -0.389 e. The lowest BCUT2D eigenvalue weighted by atomic mass is 10.0. The van der Waals surface area contributed by atoms with Gasteiger partial charge < -0.3 is 5.11 Å². The monoisotopic (exact) mass is 301 g/mol. The van der Waals surface area contributed by atoms with Crippen molar-refractivity contribution in [2.45, 2.75) is 50.0 Å². The Morgan fingerprint density at radius 3 is 2.25 bits per heavy atom. The zero-order valence-electron chi connectivity index (χ0n) is 11.7. The quantitative estimate of drug-likeness (QED) is 0.894. The first-order chi connectivity index (χ1) is 9.23. The number of aryl methyl sites for hydroxylation is 2. The third-order valence-electron chi connectivity index (χ3n) is 3.82. The third-order valence-corrected chi connectivity index (χ3v) is 5.53. The minimum atomic E-state index is -3.74. The molecule has 0 heterocycles. The largest absolute Gasteiger partial charge is 0.389 e. The van der Waals surface area contributed by atoms with Crippen LogP contribution in [0.3, 0.4) is 0 Å². The topological polar surface area (TPSA) is 66.4 Å². The van der Waals surface area contributed by atoms with Crippen LogP contribution < -0.4 is 4.72 Å². The number of nitrogens with one attached hydrogen (secondary N) is 1. The molecule has 0 aliphatic heterocycles. The first kappa shape index (κ1) is 15.4. The predicted octanol–water partition coefficient (Wildman–Crippen LogP) is 2.03. The normalized spacial score (nSPS) is 18.4. The molecule has 0 unspecified atom stereocenters. The molecule has 4 nitrogen and oxygen atoms in total. The van der Waals surface area contributed by atoms with E-state index in [1.54, 1.807) is 13.8 Å². The maximum atomic E-state index is 13.2. The second-order valence-corrected chi connectivity index (χ2v) is 7.33. The second kappa shape index (κ2) is 5.42. The fraction of sp³-hybridized carbons (Fsp3) is 0.571. The van der Waals surface area contributed by atoms with Crippen LogP contribution in [0, 0.1) is 19.7 Å². The molecule has 1 aliphatic rings. The molecule has 1 aromatic rings. The third kappa shape index (κ3) is 3.19. The highest BCUT2D eigenvalue weighted by molar-refractivity contribution is 7.89. The average Bonchev–Trinajstić information content (AvgIpc) is 2.73. The number of hydrogen-bond donors (Lipinski definition) is 2. The van der Waals surface area contributed by atoms with Crippen LogP contribution in [0.5, 0.6) is 0 Å². The molecule has 20 heavy (non-hydrogen) atoms. The maximum Gasteiger partial charge on any atom is 0.241 e. The van der Waals surface area contributed by atoms with Crippen LogP contribution in [0.1, 0.15) is 36.8 Å². The van der Waals surface area contributed by atoms with Crippen molar-refractivity contribution in [3.8, 4) is 0 Å². The SMILES string of the molecule is Cc1cc(F)cc(C)c1S(=O)(=O)NCC1(O)CCCC1. The Labute approximate surface area is 119 Å². The fourth-order valence-corrected chi connectivity index (χ4v) is 4.40. The van der Waals surface area contributed by atoms with Gasteiger partial charge in [0.05, 0.1) is 10.5 Å². The molecule has 2 rings (SSSR count). The van der Waals surface area contributed by atoms with E-state index < -0.39 is 21.4 Å². The van der Waals surface area contributed by atoms with Gasteiger partial charge in [0.1, 0.15) is 5.82 Å². The average molecular weight is 301 g/mol. The molecule has 1 saturated carbocycles. The summed E-state index contributed by atoms with van der Waals surface area (Å²) < 4.78 is 40.4. The zero-order chi connectivity index (χ0) is 15.0. The van der Waals surface area contributed by atoms with Crippen molar-refractivity contribution in [2.24, 2.45) is 0 Å². The summed E-state index contributed by atoms with van der Waals surface area (Å²) >= 11 is 0. The molecule has 1 aromatic carbocycles. The van der Waals surface area contributed by atoms with Crippen LogP contribution in [0.15, 0.2) is 17.0 Å². The van der Waals surface area contributed by atoms with Crippen molar-refractivity contribution in [1.29, 1.82) is 0 Å². The standard InChI is InChI=1S/C14H20FNO3S/c1-10-7-12(15)8-11(2)13(10)20(18,19)16-9-14(17)5-3-4-6-14/h7-8,16-17H,3-6,9H2,1-2H3. The first-order valence-corrected chi connectivity index (χ1v) is 8.21. The number of benzene rings is 1. The summed E-state index contributed by atoms with van der Waals surface area (Å²) in [6.07, 6.45) is 3.04. The molecule has 0 atom stereocenters. The van der Waals surface area contributed by atoms with Crippen LogP contribution in [0.25, 0.3) is 0 Å². The van der Waals surface area contributed by atoms with Gasteiger partial charge in [-0.1, -0.05) is 12.8 Å². The van der Waals surface area contributed by atoms with Crippen LogP contribution in [-0.2, 0) is 10.0 Å². The number of sulfonamides is 1. The maximum absolute atomic E-state index is 13.2. The van der Waals surface area contributed by atoms with Gasteiger partial charge in [0.2, 0.25) is 10.0 Å². The summed E-state index contributed by atoms with van der Waals surface area (Å²) in [4.78, 5) is 0.0977. The van der Waals surface area contributed by atoms with Crippen molar-refractivity contribution in [3.63, 3.8) is 0 Å². The van der Waals surface area contributed by atoms with E-state index >= 15 is 0 Å². The lowest BCUT2D eigenvalue weighted by Gasteiger charge is -2.23. The highest BCUT2D eigenvalue weighted by Gasteiger charge is 2.33. The van der Waals surface area contributed by atoms with Gasteiger partial charge in [0.25, 0.3) is 0 Å². The van der Waals surface area contributed by atoms with Crippen LogP contribution in [0.4, 0.5) is 4.39 Å². The number of rotatable bonds is 4. The summed E-state index contributed by atoms with van der Waals surface area (Å²) in [5, 5.41) is 10.2. The molecule has 0 saturated heterocycles. The molecule has 0 spiro atoms. The number of aliphatic hydroxyl groups is 1. The van der Waals surface area contributed by atoms with Crippen molar-refractivity contribution in [2.75, 3.05) is 6.54 Å². The van der Waals surface area contributed by atoms with E-state index in [1.807, 2.05) is 0 Å². The van der Waals surface area contributed by atoms with Gasteiger partial charge in [-0.25, -0.2) is 17.5 Å². The summed E-state index contributed by atoms with van der Waals surface area (Å²) in [5.74, 6) is -0.451. The Bertz CT molecular complexity index is 584. The summed E-state index contributed by atoms with van der Waals surface area (Å²) in [6.45, 7) is 3.13. The van der Waals surface area contributed by atoms with E-state index in [4.69, 9.17) is 0 Å². The lowest BCUT2D eigenvalue weighted by Crippen LogP contribution is -2.41. The minimum absolute atomic E-state index is 0.00555. The Morgan fingerprint density at radius 2 is 1.75 bits per heavy atom. The molecule has 6 heteroatoms. The first-order valence-electron chi connectivity index (χ1n) is 6.72. The van der Waals surface area contributed by atoms with Gasteiger partial charge in [0, 0.05) is 6.54 Å². The van der Waals surface area contributed by atoms with E-state index in [1.165, 1.54) is 12.1 Å². The highest BCUT2D eigenvalue weighted by atomic mass is 32.2. The van der Waals surface area contributed by atoms with Gasteiger partial charge >= 0.3 is 0 Å². The molecular weight excluding hydrogens is 281 g/mol. The molecule has 0 aromatic heterocycles. The molecular formula is C14H20FNO3S. The summed E-state index contributed by atoms with van der Waals surface area (Å²) in [7, 11) is -3.74. The van der Waals surface area contributed by atoms with Crippen LogP contribution >= 0.6 is 0 Å². The van der Waals surface area contributed by atoms with Crippen molar-refractivity contribution in [1.82, 2.24) is 4.72 Å². The Morgan fingerprint density at radius 1 is 1.25 bits per heavy atom. The van der Waals surface area contributed by atoms with Crippen LogP contribution in [0.2, 0.25) is 0 Å². The Hall–Kier alpha value is -0.980. The van der Waals surface area contributed by atoms with E-state index in [2.05, 4.69) is 4.72 Å². The summed E-state index contributed by atoms with van der Waals surface area (Å²) in [6, 6.07) is 2.40. The Balaban J connectivity index is 2.23. The van der Waals surface area contributed by atoms with Gasteiger partial charge in [-0.15, -0.1) is 0 Å². The molecule has 112 valence electrons. The smallest absolute Gasteiger partial charge is 0.241 e. The number of halogens is 1. The van der Waals surface area contributed by atoms with E-state index in [0.717, 1.165) is 12.8 Å². The molecule has 2 N–H and O–H groups in total. The van der Waals surface area contributed by atoms with E-state index in [-0.39, 0.29) is 11.4 Å². The van der Waals surface area contributed by atoms with Gasteiger partial charge in [-0.2, -0.15) is 0 Å². The number of hydrogen-bond acceptors (Lipinski definition) is 3. The highest BCUT2D eigenvalue weighted by Crippen LogP contribution is 2.29. The van der Waals surface area contributed by atoms with Crippen LogP contribution in [-0.4, -0.2) is 25.7 Å². The zero-order valence-corrected chi connectivity index (χ0v) is 12.6. The van der Waals surface area contributed by atoms with Gasteiger partial charge in [-0.05, 0) is 49.9 Å². The Kier molecular flexibility index (Phi) is 4.18.